The van der Waals surface area contributed by atoms with Crippen molar-refractivity contribution in [2.24, 2.45) is 0 Å². The Balaban J connectivity index is 2.90. The average molecular weight is 431 g/mol. The van der Waals surface area contributed by atoms with Gasteiger partial charge in [0.05, 0.1) is 10.6 Å². The average Bonchev–Trinajstić information content (AvgIpc) is 2.58. The number of nitrogens with zero attached hydrogens (tertiary/aromatic N) is 1. The van der Waals surface area contributed by atoms with Crippen molar-refractivity contribution in [1.29, 1.82) is 0 Å². The molecule has 0 aliphatic rings. The molecule has 0 aromatic heterocycles. The van der Waals surface area contributed by atoms with E-state index < -0.39 is 41.2 Å². The lowest BCUT2D eigenvalue weighted by Gasteiger charge is -2.19. The highest BCUT2D eigenvalue weighted by Gasteiger charge is 2.28. The molecular formula is C15H18ClF3N2O5S. The molecule has 0 spiro atoms. The number of sulfonamides is 1. The quantitative estimate of drug-likeness (QED) is 0.638. The largest absolute Gasteiger partial charge is 0.452 e. The lowest BCUT2D eigenvalue weighted by molar-refractivity contribution is -0.140. The normalized spacial score (nSPS) is 12.1. The van der Waals surface area contributed by atoms with Crippen molar-refractivity contribution in [1.82, 2.24) is 9.62 Å². The summed E-state index contributed by atoms with van der Waals surface area (Å²) in [6, 6.07) is 3.35. The van der Waals surface area contributed by atoms with Gasteiger partial charge in [-0.1, -0.05) is 25.4 Å². The van der Waals surface area contributed by atoms with Crippen LogP contribution in [0.4, 0.5) is 13.2 Å². The van der Waals surface area contributed by atoms with E-state index in [1.54, 1.807) is 13.8 Å². The zero-order valence-corrected chi connectivity index (χ0v) is 16.0. The number of hydrogen-bond acceptors (Lipinski definition) is 5. The van der Waals surface area contributed by atoms with Gasteiger partial charge in [0.25, 0.3) is 5.91 Å². The van der Waals surface area contributed by atoms with Crippen LogP contribution < -0.4 is 5.32 Å². The molecule has 7 nitrogen and oxygen atoms in total. The van der Waals surface area contributed by atoms with Crippen LogP contribution in [0.1, 0.15) is 24.2 Å². The van der Waals surface area contributed by atoms with E-state index in [9.17, 15) is 31.2 Å². The molecule has 0 atom stereocenters. The highest BCUT2D eigenvalue weighted by molar-refractivity contribution is 7.89. The molecule has 0 unspecified atom stereocenters. The summed E-state index contributed by atoms with van der Waals surface area (Å²) in [5.41, 5.74) is -0.214. The van der Waals surface area contributed by atoms with Gasteiger partial charge in [-0.05, 0) is 18.2 Å². The Bertz CT molecular complexity index is 795. The van der Waals surface area contributed by atoms with Crippen molar-refractivity contribution in [3.05, 3.63) is 28.8 Å². The monoisotopic (exact) mass is 430 g/mol. The standard InChI is InChI=1S/C15H18ClF3N2O5S/c1-3-21(4-2)27(24,25)12-7-10(5-6-11(12)16)14(23)26-8-13(22)20-9-15(17,18)19/h5-7H,3-4,8-9H2,1-2H3,(H,20,22). The van der Waals surface area contributed by atoms with Crippen molar-refractivity contribution in [2.75, 3.05) is 26.2 Å². The maximum Gasteiger partial charge on any atom is 0.405 e. The van der Waals surface area contributed by atoms with Crippen molar-refractivity contribution < 1.29 is 35.9 Å². The summed E-state index contributed by atoms with van der Waals surface area (Å²) in [6.07, 6.45) is -4.59. The summed E-state index contributed by atoms with van der Waals surface area (Å²) in [5.74, 6) is -2.23. The molecule has 0 fully saturated rings. The molecule has 0 bridgehead atoms. The Morgan fingerprint density at radius 2 is 1.81 bits per heavy atom. The Kier molecular flexibility index (Phi) is 8.05. The molecule has 27 heavy (non-hydrogen) atoms. The number of rotatable bonds is 8. The van der Waals surface area contributed by atoms with Gasteiger partial charge in [0.1, 0.15) is 11.4 Å². The molecule has 1 amide bonds. The van der Waals surface area contributed by atoms with Crippen LogP contribution in [0.15, 0.2) is 23.1 Å². The molecule has 0 aliphatic carbocycles. The second kappa shape index (κ2) is 9.38. The third-order valence-corrected chi connectivity index (χ3v) is 5.84. The molecule has 0 heterocycles. The van der Waals surface area contributed by atoms with Crippen LogP contribution in [0, 0.1) is 0 Å². The first-order valence-electron chi connectivity index (χ1n) is 7.72. The Morgan fingerprint density at radius 1 is 1.22 bits per heavy atom. The van der Waals surface area contributed by atoms with E-state index in [0.717, 1.165) is 10.4 Å². The van der Waals surface area contributed by atoms with Gasteiger partial charge in [-0.3, -0.25) is 4.79 Å². The van der Waals surface area contributed by atoms with Crippen molar-refractivity contribution in [3.8, 4) is 0 Å². The summed E-state index contributed by atoms with van der Waals surface area (Å²) < 4.78 is 66.9. The van der Waals surface area contributed by atoms with Gasteiger partial charge in [0.15, 0.2) is 6.61 Å². The predicted molar refractivity (Wildman–Crippen MR) is 90.9 cm³/mol. The van der Waals surface area contributed by atoms with Crippen LogP contribution >= 0.6 is 11.6 Å². The minimum atomic E-state index is -4.59. The summed E-state index contributed by atoms with van der Waals surface area (Å²) in [6.45, 7) is 1.12. The van der Waals surface area contributed by atoms with E-state index in [-0.39, 0.29) is 28.6 Å². The number of carbonyl (C=O) groups is 2. The smallest absolute Gasteiger partial charge is 0.405 e. The number of esters is 1. The highest BCUT2D eigenvalue weighted by atomic mass is 35.5. The van der Waals surface area contributed by atoms with Crippen LogP contribution in [0.25, 0.3) is 0 Å². The highest BCUT2D eigenvalue weighted by Crippen LogP contribution is 2.26. The zero-order chi connectivity index (χ0) is 20.8. The van der Waals surface area contributed by atoms with Gasteiger partial charge in [-0.15, -0.1) is 0 Å². The van der Waals surface area contributed by atoms with E-state index >= 15 is 0 Å². The van der Waals surface area contributed by atoms with Gasteiger partial charge in [0, 0.05) is 13.1 Å². The molecular weight excluding hydrogens is 413 g/mol. The fourth-order valence-electron chi connectivity index (χ4n) is 1.99. The number of amides is 1. The third kappa shape index (κ3) is 6.67. The van der Waals surface area contributed by atoms with Gasteiger partial charge in [-0.2, -0.15) is 17.5 Å². The number of hydrogen-bond donors (Lipinski definition) is 1. The first-order chi connectivity index (χ1) is 12.4. The van der Waals surface area contributed by atoms with Crippen LogP contribution in [-0.2, 0) is 19.6 Å². The maximum atomic E-state index is 12.6. The number of nitrogens with one attached hydrogen (secondary N) is 1. The number of alkyl halides is 3. The first kappa shape index (κ1) is 23.2. The van der Waals surface area contributed by atoms with E-state index in [2.05, 4.69) is 4.74 Å². The molecule has 1 aromatic rings. The van der Waals surface area contributed by atoms with Gasteiger partial charge in [0.2, 0.25) is 10.0 Å². The summed E-state index contributed by atoms with van der Waals surface area (Å²) >= 11 is 5.93. The van der Waals surface area contributed by atoms with Gasteiger partial charge < -0.3 is 10.1 Å². The third-order valence-electron chi connectivity index (χ3n) is 3.31. The Labute approximate surface area is 159 Å². The number of ether oxygens (including phenoxy) is 1. The molecule has 1 rings (SSSR count). The summed E-state index contributed by atoms with van der Waals surface area (Å²) in [5, 5.41) is 1.43. The second-order valence-corrected chi connectivity index (χ2v) is 7.52. The summed E-state index contributed by atoms with van der Waals surface area (Å²) in [4.78, 5) is 22.9. The molecule has 0 aliphatic heterocycles. The Hall–Kier alpha value is -1.85. The van der Waals surface area contributed by atoms with Crippen LogP contribution in [-0.4, -0.2) is 57.0 Å². The lowest BCUT2D eigenvalue weighted by Crippen LogP contribution is -2.36. The minimum Gasteiger partial charge on any atom is -0.452 e. The van der Waals surface area contributed by atoms with Crippen molar-refractivity contribution in [2.45, 2.75) is 24.9 Å². The van der Waals surface area contributed by atoms with Crippen LogP contribution in [0.5, 0.6) is 0 Å². The summed E-state index contributed by atoms with van der Waals surface area (Å²) in [7, 11) is -3.95. The Morgan fingerprint density at radius 3 is 2.33 bits per heavy atom. The topological polar surface area (TPSA) is 92.8 Å². The van der Waals surface area contributed by atoms with Crippen molar-refractivity contribution in [3.63, 3.8) is 0 Å². The predicted octanol–water partition coefficient (Wildman–Crippen LogP) is 2.21. The SMILES string of the molecule is CCN(CC)S(=O)(=O)c1cc(C(=O)OCC(=O)NCC(F)(F)F)ccc1Cl. The number of carbonyl (C=O) groups excluding carboxylic acids is 2. The fraction of sp³-hybridized carbons (Fsp3) is 0.467. The lowest BCUT2D eigenvalue weighted by atomic mass is 10.2. The molecule has 1 aromatic carbocycles. The molecule has 0 saturated heterocycles. The maximum absolute atomic E-state index is 12.6. The van der Waals surface area contributed by atoms with E-state index in [1.165, 1.54) is 17.4 Å². The molecule has 152 valence electrons. The van der Waals surface area contributed by atoms with E-state index in [4.69, 9.17) is 11.6 Å². The zero-order valence-electron chi connectivity index (χ0n) is 14.5. The van der Waals surface area contributed by atoms with Gasteiger partial charge in [-0.25, -0.2) is 13.2 Å². The molecule has 1 N–H and O–H groups in total. The molecule has 12 heteroatoms. The van der Waals surface area contributed by atoms with E-state index in [0.29, 0.717) is 0 Å². The van der Waals surface area contributed by atoms with E-state index in [1.807, 2.05) is 0 Å². The molecule has 0 radical (unpaired) electrons. The van der Waals surface area contributed by atoms with Crippen molar-refractivity contribution >= 4 is 33.5 Å². The molecule has 0 saturated carbocycles. The number of halogens is 4. The number of benzene rings is 1. The second-order valence-electron chi connectivity index (χ2n) is 5.20. The first-order valence-corrected chi connectivity index (χ1v) is 9.54. The van der Waals surface area contributed by atoms with Gasteiger partial charge >= 0.3 is 12.1 Å². The van der Waals surface area contributed by atoms with Crippen LogP contribution in [0.3, 0.4) is 0 Å². The van der Waals surface area contributed by atoms with Crippen LogP contribution in [0.2, 0.25) is 5.02 Å². The minimum absolute atomic E-state index is 0.110. The fourth-order valence-corrected chi connectivity index (χ4v) is 3.95.